The Balaban J connectivity index is 1.95. The number of amides is 1. The Morgan fingerprint density at radius 3 is 2.74 bits per heavy atom. The van der Waals surface area contributed by atoms with Crippen LogP contribution in [0.5, 0.6) is 5.75 Å². The molecule has 0 unspecified atom stereocenters. The molecule has 0 atom stereocenters. The molecule has 2 N–H and O–H groups in total. The fraction of sp³-hybridized carbons (Fsp3) is 0.231. The third-order valence-corrected chi connectivity index (χ3v) is 3.16. The maximum absolute atomic E-state index is 11.8. The number of ether oxygens (including phenoxy) is 1. The lowest BCUT2D eigenvalue weighted by Crippen LogP contribution is -2.23. The molecule has 1 amide bonds. The van der Waals surface area contributed by atoms with E-state index >= 15 is 0 Å². The number of thiazole rings is 1. The molecule has 5 nitrogen and oxygen atoms in total. The lowest BCUT2D eigenvalue weighted by molar-refractivity contribution is -0.116. The molecular weight excluding hydrogens is 262 g/mol. The fourth-order valence-electron chi connectivity index (χ4n) is 1.58. The minimum Gasteiger partial charge on any atom is -0.494 e. The molecule has 1 aromatic carbocycles. The average molecular weight is 277 g/mol. The molecule has 1 aromatic heterocycles. The summed E-state index contributed by atoms with van der Waals surface area (Å²) >= 11 is 1.29. The van der Waals surface area contributed by atoms with Gasteiger partial charge < -0.3 is 14.6 Å². The van der Waals surface area contributed by atoms with E-state index < -0.39 is 0 Å². The van der Waals surface area contributed by atoms with Gasteiger partial charge in [0.25, 0.3) is 0 Å². The standard InChI is InChI=1S/C13H15N3O2S/c1-2-18-11-5-3-10(4-6-11)15-12(17)9-16-7-8-19-13(16)14/h3-8,14H,2,9H2,1H3,(H,15,17). The van der Waals surface area contributed by atoms with Gasteiger partial charge >= 0.3 is 0 Å². The van der Waals surface area contributed by atoms with Crippen LogP contribution in [0.25, 0.3) is 0 Å². The van der Waals surface area contributed by atoms with Crippen LogP contribution in [0.1, 0.15) is 6.92 Å². The number of hydrogen-bond acceptors (Lipinski definition) is 4. The van der Waals surface area contributed by atoms with Crippen LogP contribution in [0.3, 0.4) is 0 Å². The molecule has 6 heteroatoms. The van der Waals surface area contributed by atoms with Gasteiger partial charge in [0, 0.05) is 17.3 Å². The van der Waals surface area contributed by atoms with Gasteiger partial charge in [-0.3, -0.25) is 10.2 Å². The van der Waals surface area contributed by atoms with Gasteiger partial charge in [-0.25, -0.2) is 0 Å². The Kier molecular flexibility index (Phi) is 4.35. The van der Waals surface area contributed by atoms with Crippen LogP contribution >= 0.6 is 11.3 Å². The van der Waals surface area contributed by atoms with E-state index in [1.807, 2.05) is 19.1 Å². The quantitative estimate of drug-likeness (QED) is 0.878. The van der Waals surface area contributed by atoms with Gasteiger partial charge in [-0.15, -0.1) is 11.3 Å². The van der Waals surface area contributed by atoms with Gasteiger partial charge in [-0.05, 0) is 31.2 Å². The molecule has 0 aliphatic heterocycles. The van der Waals surface area contributed by atoms with E-state index in [2.05, 4.69) is 5.32 Å². The van der Waals surface area contributed by atoms with Crippen molar-refractivity contribution < 1.29 is 9.53 Å². The molecule has 100 valence electrons. The van der Waals surface area contributed by atoms with E-state index in [0.29, 0.717) is 11.4 Å². The first kappa shape index (κ1) is 13.4. The van der Waals surface area contributed by atoms with Crippen LogP contribution in [-0.4, -0.2) is 17.1 Å². The van der Waals surface area contributed by atoms with E-state index in [1.54, 1.807) is 28.3 Å². The highest BCUT2D eigenvalue weighted by Gasteiger charge is 2.04. The summed E-state index contributed by atoms with van der Waals surface area (Å²) in [6.45, 7) is 2.69. The monoisotopic (exact) mass is 277 g/mol. The molecule has 0 aliphatic rings. The third kappa shape index (κ3) is 3.69. The number of rotatable bonds is 5. The van der Waals surface area contributed by atoms with Crippen LogP contribution in [-0.2, 0) is 11.3 Å². The number of nitrogens with zero attached hydrogens (tertiary/aromatic N) is 1. The molecule has 0 fully saturated rings. The summed E-state index contributed by atoms with van der Waals surface area (Å²) in [5.41, 5.74) is 0.718. The smallest absolute Gasteiger partial charge is 0.244 e. The van der Waals surface area contributed by atoms with Crippen molar-refractivity contribution in [3.05, 3.63) is 40.6 Å². The summed E-state index contributed by atoms with van der Waals surface area (Å²) in [5.74, 6) is 0.627. The highest BCUT2D eigenvalue weighted by Crippen LogP contribution is 2.15. The second-order valence-electron chi connectivity index (χ2n) is 3.84. The van der Waals surface area contributed by atoms with Crippen LogP contribution in [0.15, 0.2) is 35.8 Å². The zero-order chi connectivity index (χ0) is 13.7. The number of aromatic nitrogens is 1. The molecule has 0 bridgehead atoms. The lowest BCUT2D eigenvalue weighted by Gasteiger charge is -2.07. The Morgan fingerprint density at radius 1 is 1.42 bits per heavy atom. The Morgan fingerprint density at radius 2 is 2.16 bits per heavy atom. The summed E-state index contributed by atoms with van der Waals surface area (Å²) in [4.78, 5) is 12.2. The number of hydrogen-bond donors (Lipinski definition) is 2. The number of anilines is 1. The van der Waals surface area contributed by atoms with Crippen molar-refractivity contribution in [2.24, 2.45) is 0 Å². The molecular formula is C13H15N3O2S. The van der Waals surface area contributed by atoms with E-state index in [1.165, 1.54) is 11.3 Å². The summed E-state index contributed by atoms with van der Waals surface area (Å²) in [6, 6.07) is 7.21. The first-order valence-corrected chi connectivity index (χ1v) is 6.78. The predicted octanol–water partition coefficient (Wildman–Crippen LogP) is 2.07. The molecule has 2 aromatic rings. The van der Waals surface area contributed by atoms with Crippen molar-refractivity contribution in [1.29, 1.82) is 5.41 Å². The van der Waals surface area contributed by atoms with Crippen molar-refractivity contribution in [2.75, 3.05) is 11.9 Å². The van der Waals surface area contributed by atoms with E-state index in [-0.39, 0.29) is 12.5 Å². The maximum Gasteiger partial charge on any atom is 0.244 e. The van der Waals surface area contributed by atoms with Gasteiger partial charge in [-0.2, -0.15) is 0 Å². The Bertz CT molecular complexity index is 601. The summed E-state index contributed by atoms with van der Waals surface area (Å²) in [5, 5.41) is 12.2. The van der Waals surface area contributed by atoms with Crippen molar-refractivity contribution in [1.82, 2.24) is 4.57 Å². The number of carbonyl (C=O) groups excluding carboxylic acids is 1. The summed E-state index contributed by atoms with van der Waals surface area (Å²) in [6.07, 6.45) is 1.73. The van der Waals surface area contributed by atoms with Gasteiger partial charge in [0.1, 0.15) is 12.3 Å². The van der Waals surface area contributed by atoms with Crippen LogP contribution in [0.2, 0.25) is 0 Å². The molecule has 0 radical (unpaired) electrons. The van der Waals surface area contributed by atoms with Crippen LogP contribution < -0.4 is 14.9 Å². The van der Waals surface area contributed by atoms with Crippen LogP contribution in [0, 0.1) is 5.41 Å². The molecule has 1 heterocycles. The third-order valence-electron chi connectivity index (χ3n) is 2.44. The molecule has 0 aliphatic carbocycles. The largest absolute Gasteiger partial charge is 0.494 e. The molecule has 2 rings (SSSR count). The molecule has 19 heavy (non-hydrogen) atoms. The first-order chi connectivity index (χ1) is 9.19. The summed E-state index contributed by atoms with van der Waals surface area (Å²) < 4.78 is 6.92. The maximum atomic E-state index is 11.8. The molecule has 0 saturated carbocycles. The van der Waals surface area contributed by atoms with Crippen molar-refractivity contribution in [3.63, 3.8) is 0 Å². The number of carbonyl (C=O) groups is 1. The van der Waals surface area contributed by atoms with Gasteiger partial charge in [-0.1, -0.05) is 0 Å². The van der Waals surface area contributed by atoms with E-state index in [4.69, 9.17) is 10.1 Å². The normalized spacial score (nSPS) is 10.2. The van der Waals surface area contributed by atoms with Gasteiger partial charge in [0.15, 0.2) is 4.80 Å². The number of benzene rings is 1. The lowest BCUT2D eigenvalue weighted by atomic mass is 10.3. The van der Waals surface area contributed by atoms with Gasteiger partial charge in [0.2, 0.25) is 5.91 Å². The molecule has 0 spiro atoms. The highest BCUT2D eigenvalue weighted by atomic mass is 32.1. The molecule has 0 saturated heterocycles. The zero-order valence-corrected chi connectivity index (χ0v) is 11.4. The highest BCUT2D eigenvalue weighted by molar-refractivity contribution is 7.06. The van der Waals surface area contributed by atoms with Crippen molar-refractivity contribution >= 4 is 22.9 Å². The Labute approximate surface area is 115 Å². The fourth-order valence-corrected chi connectivity index (χ4v) is 2.18. The van der Waals surface area contributed by atoms with Crippen LogP contribution in [0.4, 0.5) is 5.69 Å². The average Bonchev–Trinajstić information content (AvgIpc) is 2.78. The topological polar surface area (TPSA) is 67.1 Å². The Hall–Kier alpha value is -2.08. The summed E-state index contributed by atoms with van der Waals surface area (Å²) in [7, 11) is 0. The minimum absolute atomic E-state index is 0.148. The van der Waals surface area contributed by atoms with Crippen molar-refractivity contribution in [3.8, 4) is 5.75 Å². The SMILES string of the molecule is CCOc1ccc(NC(=O)Cn2ccsc2=N)cc1. The van der Waals surface area contributed by atoms with E-state index in [0.717, 1.165) is 11.4 Å². The number of nitrogens with one attached hydrogen (secondary N) is 2. The minimum atomic E-state index is -0.152. The zero-order valence-electron chi connectivity index (χ0n) is 10.6. The van der Waals surface area contributed by atoms with E-state index in [9.17, 15) is 4.79 Å². The first-order valence-electron chi connectivity index (χ1n) is 5.90. The second-order valence-corrected chi connectivity index (χ2v) is 4.74. The van der Waals surface area contributed by atoms with Gasteiger partial charge in [0.05, 0.1) is 6.61 Å². The second kappa shape index (κ2) is 6.19. The van der Waals surface area contributed by atoms with Crippen molar-refractivity contribution in [2.45, 2.75) is 13.5 Å². The predicted molar refractivity (Wildman–Crippen MR) is 74.4 cm³/mol.